The molecule has 0 unspecified atom stereocenters. The predicted molar refractivity (Wildman–Crippen MR) is 102 cm³/mol. The van der Waals surface area contributed by atoms with Gasteiger partial charge in [0.2, 0.25) is 0 Å². The van der Waals surface area contributed by atoms with Crippen LogP contribution in [0.2, 0.25) is 0 Å². The summed E-state index contributed by atoms with van der Waals surface area (Å²) in [5, 5.41) is 10.3. The van der Waals surface area contributed by atoms with Crippen molar-refractivity contribution in [3.8, 4) is 5.75 Å². The summed E-state index contributed by atoms with van der Waals surface area (Å²) in [6.07, 6.45) is -0.522. The van der Waals surface area contributed by atoms with Gasteiger partial charge in [-0.25, -0.2) is 4.39 Å². The fraction of sp³-hybridized carbons (Fsp3) is 0.429. The number of anilines is 1. The van der Waals surface area contributed by atoms with Crippen molar-refractivity contribution in [1.29, 1.82) is 0 Å². The van der Waals surface area contributed by atoms with Crippen LogP contribution in [0.1, 0.15) is 11.1 Å². The van der Waals surface area contributed by atoms with Crippen LogP contribution >= 0.6 is 0 Å². The molecule has 1 fully saturated rings. The summed E-state index contributed by atoms with van der Waals surface area (Å²) in [6.45, 7) is 8.42. The van der Waals surface area contributed by atoms with Crippen LogP contribution in [-0.2, 0) is 0 Å². The van der Waals surface area contributed by atoms with E-state index in [2.05, 4.69) is 9.80 Å². The second-order valence-electron chi connectivity index (χ2n) is 6.95. The van der Waals surface area contributed by atoms with Crippen molar-refractivity contribution in [2.24, 2.45) is 0 Å². The second kappa shape index (κ2) is 8.52. The molecule has 0 amide bonds. The Kier molecular flexibility index (Phi) is 6.12. The molecular weight excluding hydrogens is 331 g/mol. The number of aliphatic hydroxyl groups excluding tert-OH is 1. The number of rotatable bonds is 6. The molecule has 1 heterocycles. The molecule has 1 N–H and O–H groups in total. The van der Waals surface area contributed by atoms with Crippen molar-refractivity contribution in [2.75, 3.05) is 44.2 Å². The number of hydrogen-bond donors (Lipinski definition) is 1. The molecule has 3 rings (SSSR count). The zero-order valence-corrected chi connectivity index (χ0v) is 15.5. The number of halogens is 1. The highest BCUT2D eigenvalue weighted by atomic mass is 19.1. The SMILES string of the molecule is Cc1cccc(C)c1OC[C@H](O)CN1CCN(c2ccc(F)cc2)CC1. The third kappa shape index (κ3) is 4.74. The van der Waals surface area contributed by atoms with Crippen LogP contribution in [0, 0.1) is 19.7 Å². The maximum absolute atomic E-state index is 13.0. The van der Waals surface area contributed by atoms with Crippen LogP contribution < -0.4 is 9.64 Å². The fourth-order valence-electron chi connectivity index (χ4n) is 3.40. The average Bonchev–Trinajstić information content (AvgIpc) is 2.63. The number of aliphatic hydroxyl groups is 1. The largest absolute Gasteiger partial charge is 0.490 e. The van der Waals surface area contributed by atoms with Gasteiger partial charge in [0.15, 0.2) is 0 Å². The number of β-amino-alcohol motifs (C(OH)–C–C–N with tert-alkyl or cyclic N) is 1. The van der Waals surface area contributed by atoms with Crippen molar-refractivity contribution in [3.63, 3.8) is 0 Å². The molecule has 0 radical (unpaired) electrons. The maximum Gasteiger partial charge on any atom is 0.125 e. The minimum atomic E-state index is -0.522. The van der Waals surface area contributed by atoms with Crippen LogP contribution in [0.25, 0.3) is 0 Å². The van der Waals surface area contributed by atoms with Crippen LogP contribution in [-0.4, -0.2) is 55.4 Å². The lowest BCUT2D eigenvalue weighted by molar-refractivity contribution is 0.0658. The topological polar surface area (TPSA) is 35.9 Å². The minimum Gasteiger partial charge on any atom is -0.490 e. The van der Waals surface area contributed by atoms with Gasteiger partial charge in [0.05, 0.1) is 0 Å². The van der Waals surface area contributed by atoms with Crippen LogP contribution in [0.3, 0.4) is 0 Å². The van der Waals surface area contributed by atoms with Gasteiger partial charge >= 0.3 is 0 Å². The van der Waals surface area contributed by atoms with E-state index in [0.29, 0.717) is 13.2 Å². The van der Waals surface area contributed by atoms with Gasteiger partial charge in [-0.1, -0.05) is 18.2 Å². The predicted octanol–water partition coefficient (Wildman–Crippen LogP) is 3.00. The van der Waals surface area contributed by atoms with Gasteiger partial charge in [0.25, 0.3) is 0 Å². The van der Waals surface area contributed by atoms with Crippen molar-refractivity contribution in [1.82, 2.24) is 4.90 Å². The van der Waals surface area contributed by atoms with E-state index in [9.17, 15) is 9.50 Å². The third-order valence-electron chi connectivity index (χ3n) is 4.86. The zero-order valence-electron chi connectivity index (χ0n) is 15.5. The number of ether oxygens (including phenoxy) is 1. The normalized spacial score (nSPS) is 16.5. The van der Waals surface area contributed by atoms with Gasteiger partial charge in [-0.2, -0.15) is 0 Å². The first kappa shape index (κ1) is 18.7. The summed E-state index contributed by atoms with van der Waals surface area (Å²) in [5.41, 5.74) is 3.22. The highest BCUT2D eigenvalue weighted by molar-refractivity contribution is 5.46. The molecule has 26 heavy (non-hydrogen) atoms. The van der Waals surface area contributed by atoms with Gasteiger partial charge in [-0.15, -0.1) is 0 Å². The van der Waals surface area contributed by atoms with E-state index in [0.717, 1.165) is 48.7 Å². The van der Waals surface area contributed by atoms with E-state index in [1.807, 2.05) is 44.2 Å². The average molecular weight is 358 g/mol. The van der Waals surface area contributed by atoms with Crippen LogP contribution in [0.15, 0.2) is 42.5 Å². The molecule has 140 valence electrons. The van der Waals surface area contributed by atoms with Gasteiger partial charge in [-0.05, 0) is 49.2 Å². The minimum absolute atomic E-state index is 0.209. The Hall–Kier alpha value is -2.11. The van der Waals surface area contributed by atoms with Gasteiger partial charge in [0, 0.05) is 38.4 Å². The number of benzene rings is 2. The molecule has 0 spiro atoms. The maximum atomic E-state index is 13.0. The summed E-state index contributed by atoms with van der Waals surface area (Å²) >= 11 is 0. The Labute approximate surface area is 154 Å². The monoisotopic (exact) mass is 358 g/mol. The summed E-state index contributed by atoms with van der Waals surface area (Å²) in [4.78, 5) is 4.49. The quantitative estimate of drug-likeness (QED) is 0.861. The molecule has 5 heteroatoms. The molecule has 1 aliphatic heterocycles. The summed E-state index contributed by atoms with van der Waals surface area (Å²) < 4.78 is 18.9. The van der Waals surface area contributed by atoms with Gasteiger partial charge in [0.1, 0.15) is 24.3 Å². The molecule has 1 aliphatic rings. The molecule has 4 nitrogen and oxygen atoms in total. The van der Waals surface area contributed by atoms with E-state index in [4.69, 9.17) is 4.74 Å². The first-order valence-corrected chi connectivity index (χ1v) is 9.13. The summed E-state index contributed by atoms with van der Waals surface area (Å²) in [6, 6.07) is 12.7. The molecule has 0 saturated carbocycles. The first-order chi connectivity index (χ1) is 12.5. The van der Waals surface area contributed by atoms with E-state index in [-0.39, 0.29) is 5.82 Å². The lowest BCUT2D eigenvalue weighted by Crippen LogP contribution is -2.49. The van der Waals surface area contributed by atoms with E-state index < -0.39 is 6.10 Å². The van der Waals surface area contributed by atoms with E-state index in [1.54, 1.807) is 0 Å². The van der Waals surface area contributed by atoms with Crippen LogP contribution in [0.4, 0.5) is 10.1 Å². The number of nitrogens with zero attached hydrogens (tertiary/aromatic N) is 2. The number of aryl methyl sites for hydroxylation is 2. The molecule has 1 atom stereocenters. The zero-order chi connectivity index (χ0) is 18.5. The molecule has 0 aliphatic carbocycles. The Morgan fingerprint density at radius 2 is 1.62 bits per heavy atom. The smallest absolute Gasteiger partial charge is 0.125 e. The lowest BCUT2D eigenvalue weighted by Gasteiger charge is -2.36. The number of para-hydroxylation sites is 1. The molecule has 1 saturated heterocycles. The van der Waals surface area contributed by atoms with Crippen molar-refractivity contribution in [2.45, 2.75) is 20.0 Å². The van der Waals surface area contributed by atoms with E-state index >= 15 is 0 Å². The molecule has 2 aromatic rings. The van der Waals surface area contributed by atoms with Crippen molar-refractivity contribution >= 4 is 5.69 Å². The highest BCUT2D eigenvalue weighted by Crippen LogP contribution is 2.22. The molecule has 0 bridgehead atoms. The molecular formula is C21H27FN2O2. The van der Waals surface area contributed by atoms with Gasteiger partial charge in [-0.3, -0.25) is 4.90 Å². The summed E-state index contributed by atoms with van der Waals surface area (Å²) in [5.74, 6) is 0.659. The van der Waals surface area contributed by atoms with E-state index in [1.165, 1.54) is 12.1 Å². The Bertz CT molecular complexity index is 692. The Morgan fingerprint density at radius 3 is 2.23 bits per heavy atom. The number of hydrogen-bond acceptors (Lipinski definition) is 4. The Balaban J connectivity index is 1.44. The van der Waals surface area contributed by atoms with Crippen molar-refractivity contribution in [3.05, 3.63) is 59.4 Å². The second-order valence-corrected chi connectivity index (χ2v) is 6.95. The number of piperazine rings is 1. The third-order valence-corrected chi connectivity index (χ3v) is 4.86. The molecule has 2 aromatic carbocycles. The standard InChI is InChI=1S/C21H27FN2O2/c1-16-4-3-5-17(2)21(16)26-15-20(25)14-23-10-12-24(13-11-23)19-8-6-18(22)7-9-19/h3-9,20,25H,10-15H2,1-2H3/t20-/m1/s1. The fourth-order valence-corrected chi connectivity index (χ4v) is 3.40. The van der Waals surface area contributed by atoms with Crippen molar-refractivity contribution < 1.29 is 14.2 Å². The Morgan fingerprint density at radius 1 is 1.00 bits per heavy atom. The highest BCUT2D eigenvalue weighted by Gasteiger charge is 2.20. The van der Waals surface area contributed by atoms with Crippen LogP contribution in [0.5, 0.6) is 5.75 Å². The summed E-state index contributed by atoms with van der Waals surface area (Å²) in [7, 11) is 0. The molecule has 0 aromatic heterocycles. The lowest BCUT2D eigenvalue weighted by atomic mass is 10.1. The van der Waals surface area contributed by atoms with Gasteiger partial charge < -0.3 is 14.7 Å². The first-order valence-electron chi connectivity index (χ1n) is 9.13.